The van der Waals surface area contributed by atoms with Gasteiger partial charge in [0.1, 0.15) is 0 Å². The van der Waals surface area contributed by atoms with Gasteiger partial charge in [0.05, 0.1) is 6.04 Å². The molecule has 0 bridgehead atoms. The van der Waals surface area contributed by atoms with Gasteiger partial charge < -0.3 is 10.6 Å². The molecular weight excluding hydrogens is 238 g/mol. The van der Waals surface area contributed by atoms with E-state index in [1.54, 1.807) is 0 Å². The quantitative estimate of drug-likeness (QED) is 0.767. The van der Waals surface area contributed by atoms with Crippen LogP contribution in [0.5, 0.6) is 0 Å². The van der Waals surface area contributed by atoms with E-state index in [9.17, 15) is 4.79 Å². The average Bonchev–Trinajstić information content (AvgIpc) is 2.43. The molecule has 0 saturated carbocycles. The number of piperidine rings is 1. The van der Waals surface area contributed by atoms with Crippen molar-refractivity contribution >= 4 is 5.91 Å². The number of amides is 1. The molecule has 0 aromatic rings. The van der Waals surface area contributed by atoms with Gasteiger partial charge in [0.15, 0.2) is 0 Å². The van der Waals surface area contributed by atoms with Crippen molar-refractivity contribution in [1.29, 1.82) is 0 Å². The molecule has 2 unspecified atom stereocenters. The second-order valence-corrected chi connectivity index (χ2v) is 6.27. The van der Waals surface area contributed by atoms with E-state index < -0.39 is 0 Å². The van der Waals surface area contributed by atoms with E-state index in [1.807, 2.05) is 14.0 Å². The molecule has 0 radical (unpaired) electrons. The summed E-state index contributed by atoms with van der Waals surface area (Å²) >= 11 is 0. The number of nitrogens with zero attached hydrogens (tertiary/aromatic N) is 1. The van der Waals surface area contributed by atoms with Crippen LogP contribution in [0.3, 0.4) is 0 Å². The number of likely N-dealkylation sites (tertiary alicyclic amines) is 1. The van der Waals surface area contributed by atoms with Gasteiger partial charge in [-0.15, -0.1) is 0 Å². The molecule has 2 atom stereocenters. The standard InChI is InChI=1S/C15H31N3O/c1-11(2)10-17-15(19)13(4)18-8-6-14(7-9-18)12(3)16-5/h11-14,16H,6-10H2,1-5H3,(H,17,19). The first-order chi connectivity index (χ1) is 8.95. The van der Waals surface area contributed by atoms with Crippen molar-refractivity contribution in [1.82, 2.24) is 15.5 Å². The maximum Gasteiger partial charge on any atom is 0.237 e. The largest absolute Gasteiger partial charge is 0.354 e. The highest BCUT2D eigenvalue weighted by molar-refractivity contribution is 5.81. The van der Waals surface area contributed by atoms with Gasteiger partial charge in [-0.3, -0.25) is 9.69 Å². The summed E-state index contributed by atoms with van der Waals surface area (Å²) in [5, 5.41) is 6.37. The van der Waals surface area contributed by atoms with Crippen LogP contribution in [0.15, 0.2) is 0 Å². The van der Waals surface area contributed by atoms with Crippen LogP contribution in [0.1, 0.15) is 40.5 Å². The van der Waals surface area contributed by atoms with Crippen molar-refractivity contribution in [3.8, 4) is 0 Å². The summed E-state index contributed by atoms with van der Waals surface area (Å²) in [6.45, 7) is 11.4. The first-order valence-corrected chi connectivity index (χ1v) is 7.64. The van der Waals surface area contributed by atoms with Crippen LogP contribution < -0.4 is 10.6 Å². The number of carbonyl (C=O) groups excluding carboxylic acids is 1. The van der Waals surface area contributed by atoms with Crippen molar-refractivity contribution in [2.75, 3.05) is 26.7 Å². The van der Waals surface area contributed by atoms with E-state index >= 15 is 0 Å². The Morgan fingerprint density at radius 2 is 1.79 bits per heavy atom. The number of nitrogens with one attached hydrogen (secondary N) is 2. The number of hydrogen-bond donors (Lipinski definition) is 2. The van der Waals surface area contributed by atoms with Crippen LogP contribution in [0, 0.1) is 11.8 Å². The van der Waals surface area contributed by atoms with Gasteiger partial charge in [-0.25, -0.2) is 0 Å². The van der Waals surface area contributed by atoms with Crippen LogP contribution in [0.25, 0.3) is 0 Å². The third kappa shape index (κ3) is 5.11. The van der Waals surface area contributed by atoms with Crippen molar-refractivity contribution in [3.05, 3.63) is 0 Å². The predicted molar refractivity (Wildman–Crippen MR) is 80.1 cm³/mol. The zero-order valence-corrected chi connectivity index (χ0v) is 13.2. The van der Waals surface area contributed by atoms with Crippen molar-refractivity contribution in [2.24, 2.45) is 11.8 Å². The lowest BCUT2D eigenvalue weighted by molar-refractivity contribution is -0.126. The highest BCUT2D eigenvalue weighted by atomic mass is 16.2. The molecule has 4 nitrogen and oxygen atoms in total. The first-order valence-electron chi connectivity index (χ1n) is 7.64. The molecule has 112 valence electrons. The molecular formula is C15H31N3O. The van der Waals surface area contributed by atoms with Crippen molar-refractivity contribution < 1.29 is 4.79 Å². The zero-order chi connectivity index (χ0) is 14.4. The fourth-order valence-electron chi connectivity index (χ4n) is 2.66. The van der Waals surface area contributed by atoms with Gasteiger partial charge in [-0.2, -0.15) is 0 Å². The third-order valence-corrected chi connectivity index (χ3v) is 4.35. The van der Waals surface area contributed by atoms with Gasteiger partial charge in [0.25, 0.3) is 0 Å². The summed E-state index contributed by atoms with van der Waals surface area (Å²) in [7, 11) is 2.03. The summed E-state index contributed by atoms with van der Waals surface area (Å²) in [5.74, 6) is 1.43. The van der Waals surface area contributed by atoms with Gasteiger partial charge in [-0.1, -0.05) is 13.8 Å². The smallest absolute Gasteiger partial charge is 0.237 e. The molecule has 1 amide bonds. The Hall–Kier alpha value is -0.610. The van der Waals surface area contributed by atoms with E-state index in [0.717, 1.165) is 25.6 Å². The molecule has 19 heavy (non-hydrogen) atoms. The van der Waals surface area contributed by atoms with Crippen molar-refractivity contribution in [3.63, 3.8) is 0 Å². The molecule has 1 aliphatic rings. The fourth-order valence-corrected chi connectivity index (χ4v) is 2.66. The molecule has 0 aliphatic carbocycles. The summed E-state index contributed by atoms with van der Waals surface area (Å²) in [6.07, 6.45) is 2.37. The highest BCUT2D eigenvalue weighted by Crippen LogP contribution is 2.21. The van der Waals surface area contributed by atoms with Gasteiger partial charge in [-0.05, 0) is 58.7 Å². The van der Waals surface area contributed by atoms with Gasteiger partial charge >= 0.3 is 0 Å². The highest BCUT2D eigenvalue weighted by Gasteiger charge is 2.28. The molecule has 1 rings (SSSR count). The summed E-state index contributed by atoms with van der Waals surface area (Å²) in [4.78, 5) is 14.4. The fraction of sp³-hybridized carbons (Fsp3) is 0.933. The number of hydrogen-bond acceptors (Lipinski definition) is 3. The van der Waals surface area contributed by atoms with Gasteiger partial charge in [0, 0.05) is 12.6 Å². The molecule has 1 fully saturated rings. The minimum atomic E-state index is 0.00425. The molecule has 0 spiro atoms. The van der Waals surface area contributed by atoms with E-state index in [0.29, 0.717) is 12.0 Å². The van der Waals surface area contributed by atoms with Crippen LogP contribution in [0.4, 0.5) is 0 Å². The van der Waals surface area contributed by atoms with Gasteiger partial charge in [0.2, 0.25) is 5.91 Å². The van der Waals surface area contributed by atoms with Crippen LogP contribution in [-0.2, 0) is 4.79 Å². The van der Waals surface area contributed by atoms with E-state index in [-0.39, 0.29) is 11.9 Å². The van der Waals surface area contributed by atoms with Crippen molar-refractivity contribution in [2.45, 2.75) is 52.6 Å². The SMILES string of the molecule is CNC(C)C1CCN(C(C)C(=O)NCC(C)C)CC1. The second kappa shape index (κ2) is 7.85. The predicted octanol–water partition coefficient (Wildman–Crippen LogP) is 1.47. The Morgan fingerprint density at radius 3 is 2.26 bits per heavy atom. The minimum absolute atomic E-state index is 0.00425. The first kappa shape index (κ1) is 16.4. The molecule has 1 saturated heterocycles. The monoisotopic (exact) mass is 269 g/mol. The van der Waals surface area contributed by atoms with Crippen LogP contribution in [-0.4, -0.2) is 49.6 Å². The lowest BCUT2D eigenvalue weighted by Crippen LogP contribution is -2.50. The number of carbonyl (C=O) groups is 1. The lowest BCUT2D eigenvalue weighted by atomic mass is 9.90. The number of rotatable bonds is 6. The molecule has 0 aromatic heterocycles. The second-order valence-electron chi connectivity index (χ2n) is 6.27. The topological polar surface area (TPSA) is 44.4 Å². The molecule has 1 aliphatic heterocycles. The Kier molecular flexibility index (Phi) is 6.80. The Balaban J connectivity index is 2.35. The van der Waals surface area contributed by atoms with E-state index in [4.69, 9.17) is 0 Å². The van der Waals surface area contributed by atoms with Crippen LogP contribution >= 0.6 is 0 Å². The average molecular weight is 269 g/mol. The Labute approximate surface area is 118 Å². The maximum atomic E-state index is 12.1. The lowest BCUT2D eigenvalue weighted by Gasteiger charge is -2.37. The summed E-state index contributed by atoms with van der Waals surface area (Å²) in [6, 6.07) is 0.580. The summed E-state index contributed by atoms with van der Waals surface area (Å²) in [5.41, 5.74) is 0. The third-order valence-electron chi connectivity index (χ3n) is 4.35. The maximum absolute atomic E-state index is 12.1. The Bertz CT molecular complexity index is 273. The van der Waals surface area contributed by atoms with E-state index in [2.05, 4.69) is 36.3 Å². The van der Waals surface area contributed by atoms with E-state index in [1.165, 1.54) is 12.8 Å². The molecule has 4 heteroatoms. The molecule has 1 heterocycles. The Morgan fingerprint density at radius 1 is 1.21 bits per heavy atom. The molecule has 0 aromatic carbocycles. The summed E-state index contributed by atoms with van der Waals surface area (Å²) < 4.78 is 0. The van der Waals surface area contributed by atoms with Crippen LogP contribution in [0.2, 0.25) is 0 Å². The zero-order valence-electron chi connectivity index (χ0n) is 13.2. The normalized spacial score (nSPS) is 21.4. The minimum Gasteiger partial charge on any atom is -0.354 e. The molecule has 2 N–H and O–H groups in total.